The number of aromatic nitrogens is 3. The van der Waals surface area contributed by atoms with E-state index < -0.39 is 22.5 Å². The maximum Gasteiger partial charge on any atom is 0.355 e. The third-order valence-electron chi connectivity index (χ3n) is 3.88. The molecule has 0 fully saturated rings. The average molecular weight is 423 g/mol. The molecule has 0 saturated carbocycles. The Morgan fingerprint density at radius 1 is 1.10 bits per heavy atom. The van der Waals surface area contributed by atoms with Crippen molar-refractivity contribution < 1.29 is 19.2 Å². The van der Waals surface area contributed by atoms with Crippen molar-refractivity contribution in [3.05, 3.63) is 76.4 Å². The quantitative estimate of drug-likeness (QED) is 0.279. The van der Waals surface area contributed by atoms with E-state index in [-0.39, 0.29) is 23.8 Å². The lowest BCUT2D eigenvalue weighted by Gasteiger charge is -2.11. The normalized spacial score (nSPS) is 10.1. The summed E-state index contributed by atoms with van der Waals surface area (Å²) in [7, 11) is 0. The topological polar surface area (TPSA) is 161 Å². The standard InChI is InChI=1S/C19H17N7O5/c1-2-31-19(28)13-4-3-5-14(10-13)23-16-15(26(29)30)17(22-11-21-16)24-25-18(27)12-6-8-20-9-7-12/h3-11H,2H2,1H3,(H,25,27)(H2,21,22,23,24). The lowest BCUT2D eigenvalue weighted by molar-refractivity contribution is -0.383. The number of hydrogen-bond acceptors (Lipinski definition) is 10. The van der Waals surface area contributed by atoms with Crippen LogP contribution in [0.15, 0.2) is 55.1 Å². The van der Waals surface area contributed by atoms with Gasteiger partial charge in [-0.15, -0.1) is 0 Å². The summed E-state index contributed by atoms with van der Waals surface area (Å²) >= 11 is 0. The number of amides is 1. The van der Waals surface area contributed by atoms with E-state index in [9.17, 15) is 19.7 Å². The number of pyridine rings is 1. The molecule has 3 N–H and O–H groups in total. The molecule has 2 aromatic heterocycles. The van der Waals surface area contributed by atoms with Crippen molar-refractivity contribution >= 4 is 34.9 Å². The fourth-order valence-corrected chi connectivity index (χ4v) is 2.50. The van der Waals surface area contributed by atoms with Crippen molar-refractivity contribution in [2.45, 2.75) is 6.92 Å². The number of hydrogen-bond donors (Lipinski definition) is 3. The lowest BCUT2D eigenvalue weighted by atomic mass is 10.2. The van der Waals surface area contributed by atoms with E-state index in [2.05, 4.69) is 31.1 Å². The maximum atomic E-state index is 12.2. The molecular formula is C19H17N7O5. The van der Waals surface area contributed by atoms with E-state index >= 15 is 0 Å². The monoisotopic (exact) mass is 423 g/mol. The van der Waals surface area contributed by atoms with Gasteiger partial charge in [-0.3, -0.25) is 30.7 Å². The van der Waals surface area contributed by atoms with Crippen LogP contribution < -0.4 is 16.2 Å². The molecule has 1 aromatic carbocycles. The van der Waals surface area contributed by atoms with Gasteiger partial charge in [0.05, 0.1) is 17.1 Å². The molecule has 0 radical (unpaired) electrons. The summed E-state index contributed by atoms with van der Waals surface area (Å²) < 4.78 is 4.95. The molecule has 0 atom stereocenters. The van der Waals surface area contributed by atoms with Crippen molar-refractivity contribution in [3.63, 3.8) is 0 Å². The van der Waals surface area contributed by atoms with Crippen LogP contribution in [0.4, 0.5) is 23.0 Å². The van der Waals surface area contributed by atoms with Crippen LogP contribution in [-0.4, -0.2) is 38.4 Å². The highest BCUT2D eigenvalue weighted by Crippen LogP contribution is 2.31. The molecule has 3 rings (SSSR count). The van der Waals surface area contributed by atoms with Gasteiger partial charge in [0.1, 0.15) is 6.33 Å². The number of nitrogens with one attached hydrogen (secondary N) is 3. The van der Waals surface area contributed by atoms with Gasteiger partial charge >= 0.3 is 11.7 Å². The summed E-state index contributed by atoms with van der Waals surface area (Å²) in [4.78, 5) is 46.6. The smallest absolute Gasteiger partial charge is 0.355 e. The predicted octanol–water partition coefficient (Wildman–Crippen LogP) is 2.46. The Kier molecular flexibility index (Phi) is 6.63. The van der Waals surface area contributed by atoms with Crippen molar-refractivity contribution in [2.24, 2.45) is 0 Å². The Morgan fingerprint density at radius 3 is 2.55 bits per heavy atom. The maximum absolute atomic E-state index is 12.2. The van der Waals surface area contributed by atoms with E-state index in [1.54, 1.807) is 25.1 Å². The molecule has 2 heterocycles. The van der Waals surface area contributed by atoms with Crippen LogP contribution in [0, 0.1) is 10.1 Å². The van der Waals surface area contributed by atoms with Crippen LogP contribution >= 0.6 is 0 Å². The summed E-state index contributed by atoms with van der Waals surface area (Å²) in [5, 5.41) is 14.4. The summed E-state index contributed by atoms with van der Waals surface area (Å²) in [6.45, 7) is 1.90. The lowest BCUT2D eigenvalue weighted by Crippen LogP contribution is -2.30. The van der Waals surface area contributed by atoms with Gasteiger partial charge in [-0.05, 0) is 37.3 Å². The second-order valence-corrected chi connectivity index (χ2v) is 5.92. The van der Waals surface area contributed by atoms with Gasteiger partial charge in [0, 0.05) is 23.6 Å². The van der Waals surface area contributed by atoms with E-state index in [1.807, 2.05) is 0 Å². The van der Waals surface area contributed by atoms with Crippen LogP contribution in [0.3, 0.4) is 0 Å². The van der Waals surface area contributed by atoms with Gasteiger partial charge in [-0.25, -0.2) is 14.8 Å². The van der Waals surface area contributed by atoms with Crippen molar-refractivity contribution in [3.8, 4) is 0 Å². The largest absolute Gasteiger partial charge is 0.462 e. The first-order valence-corrected chi connectivity index (χ1v) is 8.99. The number of ether oxygens (including phenoxy) is 1. The van der Waals surface area contributed by atoms with E-state index in [0.717, 1.165) is 6.33 Å². The number of hydrazine groups is 1. The van der Waals surface area contributed by atoms with Crippen LogP contribution in [0.5, 0.6) is 0 Å². The molecule has 0 saturated heterocycles. The minimum atomic E-state index is -0.696. The molecule has 0 unspecified atom stereocenters. The molecule has 3 aromatic rings. The Balaban J connectivity index is 1.82. The minimum absolute atomic E-state index is 0.137. The molecule has 0 aliphatic heterocycles. The minimum Gasteiger partial charge on any atom is -0.462 e. The van der Waals surface area contributed by atoms with Gasteiger partial charge in [0.25, 0.3) is 5.91 Å². The third kappa shape index (κ3) is 5.26. The summed E-state index contributed by atoms with van der Waals surface area (Å²) in [5.41, 5.74) is 5.22. The zero-order valence-electron chi connectivity index (χ0n) is 16.2. The Labute approximate surface area is 175 Å². The number of nitro groups is 1. The molecule has 31 heavy (non-hydrogen) atoms. The van der Waals surface area contributed by atoms with Crippen molar-refractivity contribution in [1.29, 1.82) is 0 Å². The van der Waals surface area contributed by atoms with Gasteiger partial charge in [0.15, 0.2) is 0 Å². The zero-order valence-corrected chi connectivity index (χ0v) is 16.2. The zero-order chi connectivity index (χ0) is 22.2. The Bertz CT molecular complexity index is 1110. The number of esters is 1. The third-order valence-corrected chi connectivity index (χ3v) is 3.88. The van der Waals surface area contributed by atoms with E-state index in [0.29, 0.717) is 11.3 Å². The number of carbonyl (C=O) groups excluding carboxylic acids is 2. The van der Waals surface area contributed by atoms with Gasteiger partial charge in [0.2, 0.25) is 11.6 Å². The average Bonchev–Trinajstić information content (AvgIpc) is 2.78. The fraction of sp³-hybridized carbons (Fsp3) is 0.105. The van der Waals surface area contributed by atoms with Gasteiger partial charge < -0.3 is 10.1 Å². The number of anilines is 3. The van der Waals surface area contributed by atoms with Crippen LogP contribution in [0.25, 0.3) is 0 Å². The van der Waals surface area contributed by atoms with E-state index in [1.165, 1.54) is 30.6 Å². The molecular weight excluding hydrogens is 406 g/mol. The van der Waals surface area contributed by atoms with E-state index in [4.69, 9.17) is 4.74 Å². The molecule has 0 bridgehead atoms. The number of rotatable bonds is 8. The second-order valence-electron chi connectivity index (χ2n) is 5.92. The summed E-state index contributed by atoms with van der Waals surface area (Å²) in [5.74, 6) is -1.43. The molecule has 0 spiro atoms. The molecule has 1 amide bonds. The van der Waals surface area contributed by atoms with Crippen LogP contribution in [-0.2, 0) is 4.74 Å². The Morgan fingerprint density at radius 2 is 1.84 bits per heavy atom. The van der Waals surface area contributed by atoms with Crippen molar-refractivity contribution in [1.82, 2.24) is 20.4 Å². The summed E-state index contributed by atoms with van der Waals surface area (Å²) in [6.07, 6.45) is 3.97. The fourth-order valence-electron chi connectivity index (χ4n) is 2.50. The molecule has 12 nitrogen and oxygen atoms in total. The Hall–Kier alpha value is -4.61. The molecule has 0 aliphatic rings. The first kappa shape index (κ1) is 21.1. The van der Waals surface area contributed by atoms with Gasteiger partial charge in [-0.2, -0.15) is 0 Å². The number of nitrogens with zero attached hydrogens (tertiary/aromatic N) is 4. The highest BCUT2D eigenvalue weighted by molar-refractivity contribution is 5.95. The molecule has 12 heteroatoms. The van der Waals surface area contributed by atoms with Crippen LogP contribution in [0.2, 0.25) is 0 Å². The van der Waals surface area contributed by atoms with Crippen molar-refractivity contribution in [2.75, 3.05) is 17.3 Å². The molecule has 0 aliphatic carbocycles. The van der Waals surface area contributed by atoms with Crippen LogP contribution in [0.1, 0.15) is 27.6 Å². The summed E-state index contributed by atoms with van der Waals surface area (Å²) in [6, 6.07) is 9.19. The predicted molar refractivity (Wildman–Crippen MR) is 110 cm³/mol. The highest BCUT2D eigenvalue weighted by Gasteiger charge is 2.24. The first-order chi connectivity index (χ1) is 15.0. The number of benzene rings is 1. The van der Waals surface area contributed by atoms with Gasteiger partial charge in [-0.1, -0.05) is 6.07 Å². The highest BCUT2D eigenvalue weighted by atomic mass is 16.6. The second kappa shape index (κ2) is 9.73. The SMILES string of the molecule is CCOC(=O)c1cccc(Nc2ncnc(NNC(=O)c3ccncc3)c2[N+](=O)[O-])c1. The molecule has 158 valence electrons. The number of carbonyl (C=O) groups is 2. The first-order valence-electron chi connectivity index (χ1n) is 8.99.